The Labute approximate surface area is 172 Å². The lowest BCUT2D eigenvalue weighted by Crippen LogP contribution is -2.22. The Hall–Kier alpha value is -3.93. The molecule has 0 unspecified atom stereocenters. The van der Waals surface area contributed by atoms with E-state index in [2.05, 4.69) is 4.98 Å². The molecule has 0 amide bonds. The number of benzene rings is 3. The molecule has 3 aromatic carbocycles. The molecule has 5 nitrogen and oxygen atoms in total. The molecule has 0 aliphatic rings. The molecule has 0 radical (unpaired) electrons. The van der Waals surface area contributed by atoms with Crippen LogP contribution in [0.2, 0.25) is 0 Å². The van der Waals surface area contributed by atoms with E-state index in [4.69, 9.17) is 9.47 Å². The smallest absolute Gasteiger partial charge is 0.266 e. The predicted octanol–water partition coefficient (Wildman–Crippen LogP) is 4.71. The number of halogens is 1. The first-order valence-electron chi connectivity index (χ1n) is 9.29. The van der Waals surface area contributed by atoms with E-state index in [1.807, 2.05) is 18.2 Å². The van der Waals surface area contributed by atoms with Gasteiger partial charge in [-0.1, -0.05) is 24.3 Å². The van der Waals surface area contributed by atoms with Gasteiger partial charge in [-0.3, -0.25) is 9.36 Å². The van der Waals surface area contributed by atoms with Gasteiger partial charge in [0.25, 0.3) is 5.56 Å². The lowest BCUT2D eigenvalue weighted by atomic mass is 10.1. The Kier molecular flexibility index (Phi) is 5.30. The van der Waals surface area contributed by atoms with Crippen LogP contribution in [0.4, 0.5) is 4.39 Å². The minimum absolute atomic E-state index is 0.232. The molecule has 0 aliphatic heterocycles. The summed E-state index contributed by atoms with van der Waals surface area (Å²) in [6.45, 7) is 0. The third kappa shape index (κ3) is 3.55. The molecule has 1 aromatic heterocycles. The van der Waals surface area contributed by atoms with E-state index in [1.54, 1.807) is 62.8 Å². The summed E-state index contributed by atoms with van der Waals surface area (Å²) in [4.78, 5) is 17.9. The first-order valence-corrected chi connectivity index (χ1v) is 9.29. The van der Waals surface area contributed by atoms with Gasteiger partial charge in [-0.25, -0.2) is 9.37 Å². The molecule has 1 heterocycles. The number of para-hydroxylation sites is 2. The Morgan fingerprint density at radius 2 is 1.67 bits per heavy atom. The first kappa shape index (κ1) is 19.4. The predicted molar refractivity (Wildman–Crippen MR) is 116 cm³/mol. The van der Waals surface area contributed by atoms with Gasteiger partial charge in [0, 0.05) is 5.56 Å². The molecule has 0 saturated carbocycles. The number of hydrogen-bond donors (Lipinski definition) is 0. The van der Waals surface area contributed by atoms with Crippen LogP contribution in [0.1, 0.15) is 11.4 Å². The molecule has 0 bridgehead atoms. The normalized spacial score (nSPS) is 11.2. The third-order valence-electron chi connectivity index (χ3n) is 4.73. The summed E-state index contributed by atoms with van der Waals surface area (Å²) < 4.78 is 25.7. The molecule has 150 valence electrons. The van der Waals surface area contributed by atoms with Crippen molar-refractivity contribution in [3.05, 3.63) is 94.3 Å². The number of aromatic nitrogens is 2. The summed E-state index contributed by atoms with van der Waals surface area (Å²) in [6.07, 6.45) is 3.53. The fourth-order valence-electron chi connectivity index (χ4n) is 3.31. The van der Waals surface area contributed by atoms with Crippen molar-refractivity contribution in [2.24, 2.45) is 0 Å². The van der Waals surface area contributed by atoms with Gasteiger partial charge in [0.2, 0.25) is 0 Å². The van der Waals surface area contributed by atoms with Crippen molar-refractivity contribution in [2.45, 2.75) is 0 Å². The van der Waals surface area contributed by atoms with Crippen molar-refractivity contribution in [1.82, 2.24) is 9.55 Å². The van der Waals surface area contributed by atoms with Gasteiger partial charge >= 0.3 is 0 Å². The maximum absolute atomic E-state index is 13.4. The summed E-state index contributed by atoms with van der Waals surface area (Å²) in [5.41, 5.74) is 1.64. The summed E-state index contributed by atoms with van der Waals surface area (Å²) in [5.74, 6) is 1.21. The third-order valence-corrected chi connectivity index (χ3v) is 4.73. The van der Waals surface area contributed by atoms with E-state index in [-0.39, 0.29) is 11.4 Å². The van der Waals surface area contributed by atoms with E-state index < -0.39 is 0 Å². The number of ether oxygens (including phenoxy) is 2. The van der Waals surface area contributed by atoms with Crippen LogP contribution >= 0.6 is 0 Å². The van der Waals surface area contributed by atoms with Crippen LogP contribution < -0.4 is 15.0 Å². The van der Waals surface area contributed by atoms with Crippen molar-refractivity contribution in [3.8, 4) is 17.2 Å². The van der Waals surface area contributed by atoms with E-state index in [9.17, 15) is 9.18 Å². The maximum atomic E-state index is 13.4. The molecule has 30 heavy (non-hydrogen) atoms. The van der Waals surface area contributed by atoms with Crippen molar-refractivity contribution < 1.29 is 13.9 Å². The van der Waals surface area contributed by atoms with Crippen LogP contribution in [0.25, 0.3) is 28.7 Å². The minimum Gasteiger partial charge on any atom is -0.493 e. The second kappa shape index (κ2) is 8.21. The number of rotatable bonds is 5. The van der Waals surface area contributed by atoms with E-state index >= 15 is 0 Å². The molecule has 6 heteroatoms. The number of nitrogens with zero attached hydrogens (tertiary/aromatic N) is 2. The monoisotopic (exact) mass is 402 g/mol. The van der Waals surface area contributed by atoms with Crippen molar-refractivity contribution >= 4 is 23.1 Å². The molecule has 0 spiro atoms. The topological polar surface area (TPSA) is 53.3 Å². The van der Waals surface area contributed by atoms with E-state index in [1.165, 1.54) is 16.7 Å². The van der Waals surface area contributed by atoms with Gasteiger partial charge in [0.05, 0.1) is 30.8 Å². The highest BCUT2D eigenvalue weighted by Crippen LogP contribution is 2.32. The Morgan fingerprint density at radius 1 is 0.900 bits per heavy atom. The molecule has 0 N–H and O–H groups in total. The number of hydrogen-bond acceptors (Lipinski definition) is 4. The van der Waals surface area contributed by atoms with Crippen LogP contribution in [0.5, 0.6) is 11.5 Å². The lowest BCUT2D eigenvalue weighted by molar-refractivity contribution is 0.354. The highest BCUT2D eigenvalue weighted by atomic mass is 19.1. The molecule has 0 saturated heterocycles. The lowest BCUT2D eigenvalue weighted by Gasteiger charge is -2.12. The zero-order valence-corrected chi connectivity index (χ0v) is 16.5. The van der Waals surface area contributed by atoms with Crippen molar-refractivity contribution in [2.75, 3.05) is 14.2 Å². The molecular formula is C24H19FN2O3. The Balaban J connectivity index is 1.92. The Morgan fingerprint density at radius 3 is 2.40 bits per heavy atom. The van der Waals surface area contributed by atoms with E-state index in [0.717, 1.165) is 5.56 Å². The first-order chi connectivity index (χ1) is 14.6. The highest BCUT2D eigenvalue weighted by Gasteiger charge is 2.12. The minimum atomic E-state index is -0.376. The number of methoxy groups -OCH3 is 2. The molecular weight excluding hydrogens is 383 g/mol. The molecule has 0 aliphatic carbocycles. The highest BCUT2D eigenvalue weighted by molar-refractivity contribution is 5.80. The fraction of sp³-hybridized carbons (Fsp3) is 0.0833. The molecule has 0 atom stereocenters. The average Bonchev–Trinajstić information content (AvgIpc) is 2.78. The van der Waals surface area contributed by atoms with Crippen LogP contribution in [0.15, 0.2) is 71.5 Å². The quantitative estimate of drug-likeness (QED) is 0.485. The van der Waals surface area contributed by atoms with Gasteiger partial charge in [0.1, 0.15) is 11.6 Å². The summed E-state index contributed by atoms with van der Waals surface area (Å²) in [5, 5.41) is 0.484. The largest absolute Gasteiger partial charge is 0.493 e. The van der Waals surface area contributed by atoms with Crippen LogP contribution in [0, 0.1) is 5.82 Å². The second-order valence-electron chi connectivity index (χ2n) is 6.52. The van der Waals surface area contributed by atoms with Gasteiger partial charge in [0.15, 0.2) is 11.5 Å². The fourth-order valence-corrected chi connectivity index (χ4v) is 3.31. The number of fused-ring (bicyclic) bond motifs is 1. The second-order valence-corrected chi connectivity index (χ2v) is 6.52. The zero-order valence-electron chi connectivity index (χ0n) is 16.5. The van der Waals surface area contributed by atoms with Crippen LogP contribution in [-0.2, 0) is 0 Å². The van der Waals surface area contributed by atoms with Crippen LogP contribution in [0.3, 0.4) is 0 Å². The SMILES string of the molecule is COc1cccc(/C=C/c2nc3ccccc3c(=O)n2-c2ccc(F)cc2)c1OC. The van der Waals surface area contributed by atoms with Crippen molar-refractivity contribution in [3.63, 3.8) is 0 Å². The molecule has 0 fully saturated rings. The Bertz CT molecular complexity index is 1290. The zero-order chi connectivity index (χ0) is 21.1. The standard InChI is InChI=1S/C24H19FN2O3/c1-29-21-9-5-6-16(23(21)30-2)10-15-22-26-20-8-4-3-7-19(20)24(28)27(22)18-13-11-17(25)12-14-18/h3-15H,1-2H3/b15-10+. The molecule has 4 rings (SSSR count). The summed E-state index contributed by atoms with van der Waals surface area (Å²) in [6, 6.07) is 18.4. The maximum Gasteiger partial charge on any atom is 0.266 e. The van der Waals surface area contributed by atoms with Crippen molar-refractivity contribution in [1.29, 1.82) is 0 Å². The van der Waals surface area contributed by atoms with E-state index in [0.29, 0.717) is 33.9 Å². The summed E-state index contributed by atoms with van der Waals surface area (Å²) >= 11 is 0. The summed E-state index contributed by atoms with van der Waals surface area (Å²) in [7, 11) is 3.14. The molecule has 4 aromatic rings. The van der Waals surface area contributed by atoms with Gasteiger partial charge in [-0.2, -0.15) is 0 Å². The van der Waals surface area contributed by atoms with Gasteiger partial charge in [-0.05, 0) is 54.6 Å². The van der Waals surface area contributed by atoms with Gasteiger partial charge < -0.3 is 9.47 Å². The van der Waals surface area contributed by atoms with Gasteiger partial charge in [-0.15, -0.1) is 0 Å². The average molecular weight is 402 g/mol. The van der Waals surface area contributed by atoms with Crippen LogP contribution in [-0.4, -0.2) is 23.8 Å².